The first-order chi connectivity index (χ1) is 9.61. The molecule has 20 heavy (non-hydrogen) atoms. The SMILES string of the molecule is CC[C@@H](O)c1ccc(N(C)CC(=O)N2CCCC2)cc1. The Morgan fingerprint density at radius 3 is 2.45 bits per heavy atom. The molecule has 0 aromatic heterocycles. The van der Waals surface area contributed by atoms with Crippen LogP contribution in [0.5, 0.6) is 0 Å². The summed E-state index contributed by atoms with van der Waals surface area (Å²) in [5.74, 6) is 0.197. The quantitative estimate of drug-likeness (QED) is 0.896. The highest BCUT2D eigenvalue weighted by Gasteiger charge is 2.19. The van der Waals surface area contributed by atoms with Crippen LogP contribution in [-0.4, -0.2) is 42.6 Å². The van der Waals surface area contributed by atoms with Crippen LogP contribution in [0, 0.1) is 0 Å². The van der Waals surface area contributed by atoms with Crippen molar-refractivity contribution < 1.29 is 9.90 Å². The van der Waals surface area contributed by atoms with Gasteiger partial charge in [0.1, 0.15) is 0 Å². The minimum Gasteiger partial charge on any atom is -0.388 e. The molecule has 1 aliphatic heterocycles. The molecule has 0 saturated carbocycles. The Morgan fingerprint density at radius 1 is 1.30 bits per heavy atom. The predicted molar refractivity (Wildman–Crippen MR) is 80.8 cm³/mol. The number of likely N-dealkylation sites (tertiary alicyclic amines) is 1. The van der Waals surface area contributed by atoms with Crippen molar-refractivity contribution in [2.75, 3.05) is 31.6 Å². The monoisotopic (exact) mass is 276 g/mol. The lowest BCUT2D eigenvalue weighted by atomic mass is 10.1. The maximum absolute atomic E-state index is 12.1. The summed E-state index contributed by atoms with van der Waals surface area (Å²) in [6, 6.07) is 7.79. The molecule has 1 aromatic rings. The molecular formula is C16H24N2O2. The van der Waals surface area contributed by atoms with Crippen LogP contribution in [0.4, 0.5) is 5.69 Å². The fraction of sp³-hybridized carbons (Fsp3) is 0.562. The van der Waals surface area contributed by atoms with E-state index in [9.17, 15) is 9.90 Å². The van der Waals surface area contributed by atoms with Gasteiger partial charge >= 0.3 is 0 Å². The summed E-state index contributed by atoms with van der Waals surface area (Å²) in [5.41, 5.74) is 1.93. The third-order valence-electron chi connectivity index (χ3n) is 3.94. The number of carbonyl (C=O) groups excluding carboxylic acids is 1. The zero-order valence-corrected chi connectivity index (χ0v) is 12.4. The summed E-state index contributed by atoms with van der Waals surface area (Å²) in [7, 11) is 1.93. The minimum atomic E-state index is -0.402. The van der Waals surface area contributed by atoms with Crippen LogP contribution >= 0.6 is 0 Å². The van der Waals surface area contributed by atoms with Crippen molar-refractivity contribution in [3.63, 3.8) is 0 Å². The molecule has 0 unspecified atom stereocenters. The van der Waals surface area contributed by atoms with Gasteiger partial charge in [-0.2, -0.15) is 0 Å². The highest BCUT2D eigenvalue weighted by molar-refractivity contribution is 5.81. The first-order valence-corrected chi connectivity index (χ1v) is 7.38. The van der Waals surface area contributed by atoms with Gasteiger partial charge in [-0.25, -0.2) is 0 Å². The van der Waals surface area contributed by atoms with Gasteiger partial charge in [-0.05, 0) is 37.0 Å². The van der Waals surface area contributed by atoms with Gasteiger partial charge in [0.05, 0.1) is 12.6 Å². The van der Waals surface area contributed by atoms with Crippen molar-refractivity contribution in [1.82, 2.24) is 4.90 Å². The fourth-order valence-corrected chi connectivity index (χ4v) is 2.55. The molecule has 4 heteroatoms. The molecule has 2 rings (SSSR count). The minimum absolute atomic E-state index is 0.197. The van der Waals surface area contributed by atoms with E-state index in [1.165, 1.54) is 0 Å². The Hall–Kier alpha value is -1.55. The summed E-state index contributed by atoms with van der Waals surface area (Å²) in [5, 5.41) is 9.77. The van der Waals surface area contributed by atoms with Crippen LogP contribution in [0.2, 0.25) is 0 Å². The number of likely N-dealkylation sites (N-methyl/N-ethyl adjacent to an activating group) is 1. The van der Waals surface area contributed by atoms with E-state index in [1.807, 2.05) is 48.0 Å². The Balaban J connectivity index is 1.94. The average molecular weight is 276 g/mol. The van der Waals surface area contributed by atoms with Crippen LogP contribution < -0.4 is 4.90 Å². The molecule has 0 bridgehead atoms. The number of hydrogen-bond donors (Lipinski definition) is 1. The summed E-state index contributed by atoms with van der Waals surface area (Å²) < 4.78 is 0. The Bertz CT molecular complexity index is 438. The largest absolute Gasteiger partial charge is 0.388 e. The van der Waals surface area contributed by atoms with Crippen molar-refractivity contribution in [3.8, 4) is 0 Å². The van der Waals surface area contributed by atoms with Crippen molar-refractivity contribution in [3.05, 3.63) is 29.8 Å². The number of rotatable bonds is 5. The predicted octanol–water partition coefficient (Wildman–Crippen LogP) is 2.19. The third-order valence-corrected chi connectivity index (χ3v) is 3.94. The van der Waals surface area contributed by atoms with Crippen LogP contribution in [0.25, 0.3) is 0 Å². The molecule has 0 spiro atoms. The van der Waals surface area contributed by atoms with Gasteiger partial charge in [0, 0.05) is 25.8 Å². The van der Waals surface area contributed by atoms with Crippen LogP contribution in [0.3, 0.4) is 0 Å². The van der Waals surface area contributed by atoms with Crippen LogP contribution in [-0.2, 0) is 4.79 Å². The first-order valence-electron chi connectivity index (χ1n) is 7.38. The summed E-state index contributed by atoms with van der Waals surface area (Å²) in [6.07, 6.45) is 2.56. The lowest BCUT2D eigenvalue weighted by Crippen LogP contribution is -2.37. The second-order valence-electron chi connectivity index (χ2n) is 5.46. The van der Waals surface area contributed by atoms with Gasteiger partial charge in [0.25, 0.3) is 0 Å². The van der Waals surface area contributed by atoms with Crippen molar-refractivity contribution in [1.29, 1.82) is 0 Å². The molecule has 1 heterocycles. The van der Waals surface area contributed by atoms with E-state index in [1.54, 1.807) is 0 Å². The van der Waals surface area contributed by atoms with Gasteiger partial charge in [-0.1, -0.05) is 19.1 Å². The number of benzene rings is 1. The maximum Gasteiger partial charge on any atom is 0.242 e. The van der Waals surface area contributed by atoms with Gasteiger partial charge < -0.3 is 14.9 Å². The zero-order chi connectivity index (χ0) is 14.5. The van der Waals surface area contributed by atoms with Crippen molar-refractivity contribution >= 4 is 11.6 Å². The lowest BCUT2D eigenvalue weighted by molar-refractivity contribution is -0.128. The maximum atomic E-state index is 12.1. The van der Waals surface area contributed by atoms with E-state index in [0.717, 1.165) is 37.2 Å². The molecule has 1 atom stereocenters. The fourth-order valence-electron chi connectivity index (χ4n) is 2.55. The van der Waals surface area contributed by atoms with Gasteiger partial charge in [0.15, 0.2) is 0 Å². The van der Waals surface area contributed by atoms with Crippen molar-refractivity contribution in [2.24, 2.45) is 0 Å². The van der Waals surface area contributed by atoms with Crippen LogP contribution in [0.15, 0.2) is 24.3 Å². The van der Waals surface area contributed by atoms with Gasteiger partial charge in [-0.3, -0.25) is 4.79 Å². The van der Waals surface area contributed by atoms with E-state index in [2.05, 4.69) is 0 Å². The highest BCUT2D eigenvalue weighted by Crippen LogP contribution is 2.20. The summed E-state index contributed by atoms with van der Waals surface area (Å²) >= 11 is 0. The summed E-state index contributed by atoms with van der Waals surface area (Å²) in [6.45, 7) is 4.16. The van der Waals surface area contributed by atoms with Crippen LogP contribution in [0.1, 0.15) is 37.9 Å². The second kappa shape index (κ2) is 6.75. The molecule has 110 valence electrons. The molecule has 1 saturated heterocycles. The Kier molecular flexibility index (Phi) is 5.01. The highest BCUT2D eigenvalue weighted by atomic mass is 16.3. The number of hydrogen-bond acceptors (Lipinski definition) is 3. The van der Waals surface area contributed by atoms with E-state index in [4.69, 9.17) is 0 Å². The number of anilines is 1. The zero-order valence-electron chi connectivity index (χ0n) is 12.4. The number of aliphatic hydroxyl groups is 1. The van der Waals surface area contributed by atoms with E-state index < -0.39 is 6.10 Å². The second-order valence-corrected chi connectivity index (χ2v) is 5.46. The molecule has 0 radical (unpaired) electrons. The van der Waals surface area contributed by atoms with E-state index >= 15 is 0 Å². The Morgan fingerprint density at radius 2 is 1.90 bits per heavy atom. The summed E-state index contributed by atoms with van der Waals surface area (Å²) in [4.78, 5) is 16.0. The molecular weight excluding hydrogens is 252 g/mol. The molecule has 1 aliphatic rings. The molecule has 1 fully saturated rings. The molecule has 1 N–H and O–H groups in total. The normalized spacial score (nSPS) is 16.2. The van der Waals surface area contributed by atoms with E-state index in [0.29, 0.717) is 13.0 Å². The lowest BCUT2D eigenvalue weighted by Gasteiger charge is -2.23. The van der Waals surface area contributed by atoms with Gasteiger partial charge in [-0.15, -0.1) is 0 Å². The third kappa shape index (κ3) is 3.51. The molecule has 1 amide bonds. The standard InChI is InChI=1S/C16H24N2O2/c1-3-15(19)13-6-8-14(9-7-13)17(2)12-16(20)18-10-4-5-11-18/h6-9,15,19H,3-5,10-12H2,1-2H3/t15-/m1/s1. The van der Waals surface area contributed by atoms with Gasteiger partial charge in [0.2, 0.25) is 5.91 Å². The number of nitrogens with zero attached hydrogens (tertiary/aromatic N) is 2. The smallest absolute Gasteiger partial charge is 0.242 e. The number of carbonyl (C=O) groups is 1. The van der Waals surface area contributed by atoms with E-state index in [-0.39, 0.29) is 5.91 Å². The topological polar surface area (TPSA) is 43.8 Å². The number of amides is 1. The van der Waals surface area contributed by atoms with Crippen molar-refractivity contribution in [2.45, 2.75) is 32.3 Å². The number of aliphatic hydroxyl groups excluding tert-OH is 1. The molecule has 1 aromatic carbocycles. The molecule has 0 aliphatic carbocycles. The molecule has 4 nitrogen and oxygen atoms in total. The average Bonchev–Trinajstić information content (AvgIpc) is 3.01. The first kappa shape index (κ1) is 14.9. The Labute approximate surface area is 121 Å².